The van der Waals surface area contributed by atoms with Crippen LogP contribution in [0.5, 0.6) is 0 Å². The summed E-state index contributed by atoms with van der Waals surface area (Å²) in [4.78, 5) is 7.50. The normalized spacial score (nSPS) is 15.5. The molecule has 0 bridgehead atoms. The van der Waals surface area contributed by atoms with Crippen molar-refractivity contribution in [1.29, 1.82) is 0 Å². The summed E-state index contributed by atoms with van der Waals surface area (Å²) in [5, 5.41) is 3.44. The highest BCUT2D eigenvalue weighted by atomic mass is 15.1. The Hall–Kier alpha value is -6.77. The standard InChI is InChI=1S/C59H50N2/c1-37(2)38(3)43-25-30-48-49-31-26-44(58(4,5)6)35-53(49)59(52(48)34-43)51-19-11-10-18-47(51)50-32-29-46(36-54(50)59)61(45-27-23-40(24-28-45)39-14-8-7-9-15-39)55-20-12-16-41-21-22-42-17-13-33-60-57(42)56(41)55/h7-38H,1-6H3. The van der Waals surface area contributed by atoms with Crippen LogP contribution < -0.4 is 4.90 Å². The third-order valence-corrected chi connectivity index (χ3v) is 13.9. The molecule has 0 saturated carbocycles. The van der Waals surface area contributed by atoms with Gasteiger partial charge in [0.05, 0.1) is 16.6 Å². The molecule has 2 heteroatoms. The van der Waals surface area contributed by atoms with Crippen molar-refractivity contribution < 1.29 is 0 Å². The van der Waals surface area contributed by atoms with Crippen LogP contribution in [-0.2, 0) is 10.8 Å². The minimum Gasteiger partial charge on any atom is -0.310 e. The molecule has 2 aliphatic carbocycles. The van der Waals surface area contributed by atoms with Crippen molar-refractivity contribution >= 4 is 38.7 Å². The summed E-state index contributed by atoms with van der Waals surface area (Å²) < 4.78 is 0. The largest absolute Gasteiger partial charge is 0.310 e. The molecule has 1 spiro atoms. The van der Waals surface area contributed by atoms with Gasteiger partial charge >= 0.3 is 0 Å². The highest BCUT2D eigenvalue weighted by molar-refractivity contribution is 6.13. The van der Waals surface area contributed by atoms with Crippen molar-refractivity contribution in [2.24, 2.45) is 5.92 Å². The zero-order valence-corrected chi connectivity index (χ0v) is 35.9. The summed E-state index contributed by atoms with van der Waals surface area (Å²) in [6.45, 7) is 14.1. The van der Waals surface area contributed by atoms with E-state index in [1.807, 2.05) is 12.3 Å². The Balaban J connectivity index is 1.22. The number of benzene rings is 8. The Labute approximate surface area is 360 Å². The van der Waals surface area contributed by atoms with E-state index >= 15 is 0 Å². The van der Waals surface area contributed by atoms with Gasteiger partial charge in [-0.2, -0.15) is 0 Å². The van der Waals surface area contributed by atoms with Crippen LogP contribution in [0.25, 0.3) is 55.1 Å². The highest BCUT2D eigenvalue weighted by Crippen LogP contribution is 2.64. The van der Waals surface area contributed by atoms with Crippen LogP contribution in [0.2, 0.25) is 0 Å². The van der Waals surface area contributed by atoms with Gasteiger partial charge in [0.15, 0.2) is 0 Å². The number of hydrogen-bond acceptors (Lipinski definition) is 2. The van der Waals surface area contributed by atoms with Gasteiger partial charge in [-0.3, -0.25) is 4.98 Å². The third kappa shape index (κ3) is 5.65. The van der Waals surface area contributed by atoms with Crippen molar-refractivity contribution in [3.63, 3.8) is 0 Å². The third-order valence-electron chi connectivity index (χ3n) is 13.9. The fourth-order valence-electron chi connectivity index (χ4n) is 10.4. The first-order chi connectivity index (χ1) is 29.6. The molecule has 0 amide bonds. The summed E-state index contributed by atoms with van der Waals surface area (Å²) in [5.74, 6) is 0.941. The molecule has 2 nitrogen and oxygen atoms in total. The van der Waals surface area contributed by atoms with Gasteiger partial charge in [0, 0.05) is 28.3 Å². The molecule has 2 unspecified atom stereocenters. The van der Waals surface area contributed by atoms with Gasteiger partial charge in [-0.15, -0.1) is 0 Å². The molecule has 0 aliphatic heterocycles. The molecule has 9 aromatic rings. The van der Waals surface area contributed by atoms with Crippen LogP contribution in [0.15, 0.2) is 182 Å². The molecule has 0 saturated heterocycles. The quantitative estimate of drug-likeness (QED) is 0.156. The van der Waals surface area contributed by atoms with E-state index in [2.05, 4.69) is 216 Å². The van der Waals surface area contributed by atoms with Gasteiger partial charge < -0.3 is 4.90 Å². The monoisotopic (exact) mass is 786 g/mol. The van der Waals surface area contributed by atoms with Crippen molar-refractivity contribution in [3.05, 3.63) is 216 Å². The Morgan fingerprint density at radius 1 is 0.492 bits per heavy atom. The average Bonchev–Trinajstić information content (AvgIpc) is 3.75. The number of aromatic nitrogens is 1. The van der Waals surface area contributed by atoms with E-state index in [1.165, 1.54) is 72.1 Å². The second kappa shape index (κ2) is 13.9. The summed E-state index contributed by atoms with van der Waals surface area (Å²) >= 11 is 0. The van der Waals surface area contributed by atoms with Crippen molar-refractivity contribution in [2.75, 3.05) is 4.90 Å². The molecule has 1 heterocycles. The lowest BCUT2D eigenvalue weighted by atomic mass is 9.69. The predicted octanol–water partition coefficient (Wildman–Crippen LogP) is 15.9. The Morgan fingerprint density at radius 2 is 1.11 bits per heavy atom. The molecule has 1 aromatic heterocycles. The van der Waals surface area contributed by atoms with Gasteiger partial charge in [-0.1, -0.05) is 181 Å². The summed E-state index contributed by atoms with van der Waals surface area (Å²) in [6.07, 6.45) is 1.92. The molecule has 61 heavy (non-hydrogen) atoms. The maximum atomic E-state index is 5.02. The Kier molecular flexibility index (Phi) is 8.48. The highest BCUT2D eigenvalue weighted by Gasteiger charge is 2.52. The van der Waals surface area contributed by atoms with Gasteiger partial charge in [0.25, 0.3) is 0 Å². The SMILES string of the molecule is CC(C)C(C)c1ccc2c(c1)C1(c3ccccc3-c3ccc(N(c4ccc(-c5ccccc5)cc4)c4cccc5ccc6cccnc6c45)cc31)c1cc(C(C)(C)C)ccc1-2. The first kappa shape index (κ1) is 37.2. The van der Waals surface area contributed by atoms with Gasteiger partial charge in [-0.05, 0) is 126 Å². The minimum absolute atomic E-state index is 0.0149. The Morgan fingerprint density at radius 3 is 1.89 bits per heavy atom. The number of rotatable bonds is 6. The molecule has 2 aliphatic rings. The molecule has 0 N–H and O–H groups in total. The lowest BCUT2D eigenvalue weighted by Crippen LogP contribution is -2.27. The van der Waals surface area contributed by atoms with Crippen LogP contribution in [0, 0.1) is 5.92 Å². The lowest BCUT2D eigenvalue weighted by Gasteiger charge is -2.34. The molecule has 2 atom stereocenters. The fourth-order valence-corrected chi connectivity index (χ4v) is 10.4. The van der Waals surface area contributed by atoms with Crippen LogP contribution in [0.4, 0.5) is 17.1 Å². The first-order valence-electron chi connectivity index (χ1n) is 21.9. The second-order valence-corrected chi connectivity index (χ2v) is 18.6. The molecule has 11 rings (SSSR count). The predicted molar refractivity (Wildman–Crippen MR) is 258 cm³/mol. The van der Waals surface area contributed by atoms with Crippen LogP contribution in [0.1, 0.15) is 80.8 Å². The second-order valence-electron chi connectivity index (χ2n) is 18.6. The molecule has 8 aromatic carbocycles. The van der Waals surface area contributed by atoms with Gasteiger partial charge in [0.1, 0.15) is 0 Å². The van der Waals surface area contributed by atoms with E-state index in [1.54, 1.807) is 0 Å². The number of nitrogens with zero attached hydrogens (tertiary/aromatic N) is 2. The van der Waals surface area contributed by atoms with Crippen molar-refractivity contribution in [3.8, 4) is 33.4 Å². The zero-order chi connectivity index (χ0) is 41.6. The zero-order valence-electron chi connectivity index (χ0n) is 35.9. The summed E-state index contributed by atoms with van der Waals surface area (Å²) in [5.41, 5.74) is 19.7. The molecular weight excluding hydrogens is 737 g/mol. The van der Waals surface area contributed by atoms with Gasteiger partial charge in [0.2, 0.25) is 0 Å². The number of fused-ring (bicyclic) bond motifs is 13. The molecular formula is C59H50N2. The van der Waals surface area contributed by atoms with Crippen LogP contribution in [0.3, 0.4) is 0 Å². The van der Waals surface area contributed by atoms with E-state index in [-0.39, 0.29) is 5.41 Å². The van der Waals surface area contributed by atoms with Crippen LogP contribution in [-0.4, -0.2) is 4.98 Å². The maximum Gasteiger partial charge on any atom is 0.0801 e. The molecule has 296 valence electrons. The maximum absolute atomic E-state index is 5.02. The molecule has 0 radical (unpaired) electrons. The minimum atomic E-state index is -0.504. The van der Waals surface area contributed by atoms with E-state index in [0.717, 1.165) is 33.4 Å². The van der Waals surface area contributed by atoms with Crippen molar-refractivity contribution in [1.82, 2.24) is 4.98 Å². The van der Waals surface area contributed by atoms with E-state index in [0.29, 0.717) is 11.8 Å². The topological polar surface area (TPSA) is 16.1 Å². The molecule has 0 fully saturated rings. The number of pyridine rings is 1. The summed E-state index contributed by atoms with van der Waals surface area (Å²) in [7, 11) is 0. The Bertz CT molecular complexity index is 3170. The van der Waals surface area contributed by atoms with Gasteiger partial charge in [-0.25, -0.2) is 0 Å². The lowest BCUT2D eigenvalue weighted by molar-refractivity contribution is 0.534. The van der Waals surface area contributed by atoms with Crippen molar-refractivity contribution in [2.45, 2.75) is 58.3 Å². The van der Waals surface area contributed by atoms with E-state index in [9.17, 15) is 0 Å². The number of hydrogen-bond donors (Lipinski definition) is 0. The number of anilines is 3. The smallest absolute Gasteiger partial charge is 0.0801 e. The fraction of sp³-hybridized carbons (Fsp3) is 0.169. The summed E-state index contributed by atoms with van der Waals surface area (Å²) in [6, 6.07) is 66.2. The van der Waals surface area contributed by atoms with Crippen LogP contribution >= 0.6 is 0 Å². The van der Waals surface area contributed by atoms with E-state index < -0.39 is 5.41 Å². The van der Waals surface area contributed by atoms with E-state index in [4.69, 9.17) is 4.98 Å². The first-order valence-corrected chi connectivity index (χ1v) is 21.9. The average molecular weight is 787 g/mol.